The Labute approximate surface area is 97.9 Å². The summed E-state index contributed by atoms with van der Waals surface area (Å²) in [6.07, 6.45) is 2.94. The van der Waals surface area contributed by atoms with Crippen LogP contribution in [0.1, 0.15) is 18.0 Å². The van der Waals surface area contributed by atoms with Gasteiger partial charge in [0.25, 0.3) is 0 Å². The Hall–Kier alpha value is -2.14. The van der Waals surface area contributed by atoms with E-state index in [1.54, 1.807) is 24.4 Å². The maximum atomic E-state index is 10.6. The van der Waals surface area contributed by atoms with Crippen molar-refractivity contribution in [2.75, 3.05) is 0 Å². The minimum Gasteiger partial charge on any atom is -0.481 e. The lowest BCUT2D eigenvalue weighted by atomic mass is 10.0. The third-order valence-corrected chi connectivity index (χ3v) is 2.39. The lowest BCUT2D eigenvalue weighted by molar-refractivity contribution is -0.137. The zero-order valence-electron chi connectivity index (χ0n) is 9.04. The SMILES string of the molecule is NC(CC(=O)O)c1cccc(-c2ncco2)c1. The zero-order valence-corrected chi connectivity index (χ0v) is 9.04. The normalized spacial score (nSPS) is 12.3. The fourth-order valence-electron chi connectivity index (χ4n) is 1.57. The molecule has 0 spiro atoms. The molecule has 17 heavy (non-hydrogen) atoms. The van der Waals surface area contributed by atoms with Gasteiger partial charge in [0.1, 0.15) is 6.26 Å². The van der Waals surface area contributed by atoms with Crippen LogP contribution in [0, 0.1) is 0 Å². The van der Waals surface area contributed by atoms with Crippen molar-refractivity contribution in [3.05, 3.63) is 42.3 Å². The second-order valence-corrected chi connectivity index (χ2v) is 3.67. The van der Waals surface area contributed by atoms with E-state index in [0.29, 0.717) is 5.89 Å². The van der Waals surface area contributed by atoms with Gasteiger partial charge in [-0.25, -0.2) is 4.98 Å². The van der Waals surface area contributed by atoms with Gasteiger partial charge in [-0.1, -0.05) is 12.1 Å². The van der Waals surface area contributed by atoms with Gasteiger partial charge in [-0.2, -0.15) is 0 Å². The van der Waals surface area contributed by atoms with E-state index in [0.717, 1.165) is 11.1 Å². The van der Waals surface area contributed by atoms with E-state index in [-0.39, 0.29) is 6.42 Å². The Morgan fingerprint density at radius 3 is 3.00 bits per heavy atom. The molecule has 1 aromatic carbocycles. The second-order valence-electron chi connectivity index (χ2n) is 3.67. The number of aliphatic carboxylic acids is 1. The monoisotopic (exact) mass is 232 g/mol. The summed E-state index contributed by atoms with van der Waals surface area (Å²) in [4.78, 5) is 14.6. The zero-order chi connectivity index (χ0) is 12.3. The van der Waals surface area contributed by atoms with Gasteiger partial charge < -0.3 is 15.3 Å². The van der Waals surface area contributed by atoms with Crippen LogP contribution in [0.2, 0.25) is 0 Å². The summed E-state index contributed by atoms with van der Waals surface area (Å²) in [5, 5.41) is 8.69. The molecule has 5 heteroatoms. The predicted octanol–water partition coefficient (Wildman–Crippen LogP) is 1.82. The molecule has 88 valence electrons. The summed E-state index contributed by atoms with van der Waals surface area (Å²) in [5.74, 6) is -0.423. The third kappa shape index (κ3) is 2.70. The van der Waals surface area contributed by atoms with Crippen LogP contribution in [0.3, 0.4) is 0 Å². The van der Waals surface area contributed by atoms with E-state index in [1.807, 2.05) is 6.07 Å². The summed E-state index contributed by atoms with van der Waals surface area (Å²) in [7, 11) is 0. The van der Waals surface area contributed by atoms with Crippen LogP contribution in [0.25, 0.3) is 11.5 Å². The summed E-state index contributed by atoms with van der Waals surface area (Å²) in [5.41, 5.74) is 7.32. The first kappa shape index (κ1) is 11.3. The summed E-state index contributed by atoms with van der Waals surface area (Å²) in [6.45, 7) is 0. The second kappa shape index (κ2) is 4.80. The van der Waals surface area contributed by atoms with Crippen molar-refractivity contribution in [1.82, 2.24) is 4.98 Å². The molecule has 0 saturated carbocycles. The number of nitrogens with two attached hydrogens (primary N) is 1. The van der Waals surface area contributed by atoms with Crippen molar-refractivity contribution in [3.63, 3.8) is 0 Å². The maximum Gasteiger partial charge on any atom is 0.305 e. The standard InChI is InChI=1S/C12H12N2O3/c13-10(7-11(15)16)8-2-1-3-9(6-8)12-14-4-5-17-12/h1-6,10H,7,13H2,(H,15,16). The van der Waals surface area contributed by atoms with Crippen LogP contribution >= 0.6 is 0 Å². The van der Waals surface area contributed by atoms with E-state index >= 15 is 0 Å². The number of carboxylic acid groups (broad SMARTS) is 1. The molecule has 2 rings (SSSR count). The molecule has 1 heterocycles. The first-order chi connectivity index (χ1) is 8.16. The average molecular weight is 232 g/mol. The molecule has 1 aromatic heterocycles. The molecule has 0 radical (unpaired) electrons. The Morgan fingerprint density at radius 1 is 1.53 bits per heavy atom. The van der Waals surface area contributed by atoms with E-state index in [1.165, 1.54) is 6.26 Å². The smallest absolute Gasteiger partial charge is 0.305 e. The number of aromatic nitrogens is 1. The molecule has 0 aliphatic rings. The summed E-state index contributed by atoms with van der Waals surface area (Å²) < 4.78 is 5.17. The molecule has 1 unspecified atom stereocenters. The molecule has 5 nitrogen and oxygen atoms in total. The number of hydrogen-bond acceptors (Lipinski definition) is 4. The molecule has 0 saturated heterocycles. The largest absolute Gasteiger partial charge is 0.481 e. The van der Waals surface area contributed by atoms with Crippen LogP contribution < -0.4 is 5.73 Å². The Balaban J connectivity index is 2.25. The number of rotatable bonds is 4. The van der Waals surface area contributed by atoms with Gasteiger partial charge in [0.2, 0.25) is 5.89 Å². The van der Waals surface area contributed by atoms with Gasteiger partial charge in [-0.15, -0.1) is 0 Å². The highest BCUT2D eigenvalue weighted by Crippen LogP contribution is 2.22. The van der Waals surface area contributed by atoms with Gasteiger partial charge in [0, 0.05) is 11.6 Å². The molecule has 0 aliphatic carbocycles. The van der Waals surface area contributed by atoms with Crippen LogP contribution in [-0.2, 0) is 4.79 Å². The third-order valence-electron chi connectivity index (χ3n) is 2.39. The highest BCUT2D eigenvalue weighted by molar-refractivity contribution is 5.68. The number of carboxylic acids is 1. The van der Waals surface area contributed by atoms with E-state index in [4.69, 9.17) is 15.3 Å². The van der Waals surface area contributed by atoms with Crippen molar-refractivity contribution < 1.29 is 14.3 Å². The van der Waals surface area contributed by atoms with E-state index < -0.39 is 12.0 Å². The van der Waals surface area contributed by atoms with Crippen molar-refractivity contribution in [2.45, 2.75) is 12.5 Å². The lowest BCUT2D eigenvalue weighted by Crippen LogP contribution is -2.14. The van der Waals surface area contributed by atoms with Crippen molar-refractivity contribution in [3.8, 4) is 11.5 Å². The molecule has 0 aliphatic heterocycles. The average Bonchev–Trinajstić information content (AvgIpc) is 2.82. The molecular formula is C12H12N2O3. The van der Waals surface area contributed by atoms with Crippen LogP contribution in [-0.4, -0.2) is 16.1 Å². The number of benzene rings is 1. The van der Waals surface area contributed by atoms with Crippen molar-refractivity contribution >= 4 is 5.97 Å². The lowest BCUT2D eigenvalue weighted by Gasteiger charge is -2.09. The quantitative estimate of drug-likeness (QED) is 0.839. The van der Waals surface area contributed by atoms with E-state index in [9.17, 15) is 4.79 Å². The van der Waals surface area contributed by atoms with Crippen LogP contribution in [0.15, 0.2) is 41.1 Å². The van der Waals surface area contributed by atoms with Gasteiger partial charge >= 0.3 is 5.97 Å². The van der Waals surface area contributed by atoms with E-state index in [2.05, 4.69) is 4.98 Å². The summed E-state index contributed by atoms with van der Waals surface area (Å²) in [6, 6.07) is 6.70. The fourth-order valence-corrected chi connectivity index (χ4v) is 1.57. The molecule has 2 aromatic rings. The predicted molar refractivity (Wildman–Crippen MR) is 61.1 cm³/mol. The minimum atomic E-state index is -0.918. The minimum absolute atomic E-state index is 0.102. The Morgan fingerprint density at radius 2 is 2.35 bits per heavy atom. The molecule has 0 bridgehead atoms. The van der Waals surface area contributed by atoms with Crippen LogP contribution in [0.4, 0.5) is 0 Å². The van der Waals surface area contributed by atoms with Gasteiger partial charge in [0.05, 0.1) is 12.6 Å². The van der Waals surface area contributed by atoms with Crippen molar-refractivity contribution in [2.24, 2.45) is 5.73 Å². The van der Waals surface area contributed by atoms with Crippen LogP contribution in [0.5, 0.6) is 0 Å². The Kier molecular flexibility index (Phi) is 3.20. The number of nitrogens with zero attached hydrogens (tertiary/aromatic N) is 1. The molecule has 3 N–H and O–H groups in total. The van der Waals surface area contributed by atoms with Gasteiger partial charge in [-0.3, -0.25) is 4.79 Å². The molecule has 0 fully saturated rings. The first-order valence-corrected chi connectivity index (χ1v) is 5.14. The highest BCUT2D eigenvalue weighted by atomic mass is 16.4. The van der Waals surface area contributed by atoms with Gasteiger partial charge in [0.15, 0.2) is 0 Å². The number of oxazole rings is 1. The fraction of sp³-hybridized carbons (Fsp3) is 0.167. The number of hydrogen-bond donors (Lipinski definition) is 2. The summed E-state index contributed by atoms with van der Waals surface area (Å²) >= 11 is 0. The van der Waals surface area contributed by atoms with Gasteiger partial charge in [-0.05, 0) is 17.7 Å². The van der Waals surface area contributed by atoms with Crippen molar-refractivity contribution in [1.29, 1.82) is 0 Å². The highest BCUT2D eigenvalue weighted by Gasteiger charge is 2.12. The molecular weight excluding hydrogens is 220 g/mol. The molecule has 1 atom stereocenters. The maximum absolute atomic E-state index is 10.6. The first-order valence-electron chi connectivity index (χ1n) is 5.14. The number of carbonyl (C=O) groups is 1. The topological polar surface area (TPSA) is 89.4 Å². The molecule has 0 amide bonds. The Bertz CT molecular complexity index is 508.